The topological polar surface area (TPSA) is 85.9 Å². The molecule has 0 aromatic heterocycles. The molecule has 2 amide bonds. The lowest BCUT2D eigenvalue weighted by molar-refractivity contribution is -0.132. The summed E-state index contributed by atoms with van der Waals surface area (Å²) in [6, 6.07) is 0.800. The van der Waals surface area contributed by atoms with Gasteiger partial charge in [-0.25, -0.2) is 0 Å². The normalized spacial score (nSPS) is 38.0. The van der Waals surface area contributed by atoms with Gasteiger partial charge in [0.25, 0.3) is 0 Å². The summed E-state index contributed by atoms with van der Waals surface area (Å²) < 4.78 is 5.38. The molecule has 0 spiro atoms. The van der Waals surface area contributed by atoms with Gasteiger partial charge in [-0.3, -0.25) is 14.5 Å². The van der Waals surface area contributed by atoms with Gasteiger partial charge in [-0.05, 0) is 50.4 Å². The van der Waals surface area contributed by atoms with Gasteiger partial charge in [0.15, 0.2) is 0 Å². The zero-order valence-corrected chi connectivity index (χ0v) is 20.6. The smallest absolute Gasteiger partial charge is 0.239 e. The first-order valence-electron chi connectivity index (χ1n) is 13.1. The third-order valence-corrected chi connectivity index (χ3v) is 9.69. The van der Waals surface area contributed by atoms with Crippen LogP contribution < -0.4 is 16.0 Å². The molecule has 4 aliphatic heterocycles. The zero-order valence-electron chi connectivity index (χ0n) is 19.8. The van der Waals surface area contributed by atoms with Crippen molar-refractivity contribution in [2.24, 2.45) is 11.8 Å². The predicted molar refractivity (Wildman–Crippen MR) is 130 cm³/mol. The van der Waals surface area contributed by atoms with Gasteiger partial charge in [0.1, 0.15) is 0 Å². The van der Waals surface area contributed by atoms with E-state index in [1.165, 1.54) is 12.8 Å². The number of thioether (sulfide) groups is 1. The lowest BCUT2D eigenvalue weighted by Crippen LogP contribution is -2.48. The monoisotopic (exact) mass is 479 g/mol. The third-order valence-electron chi connectivity index (χ3n) is 8.26. The number of carbonyl (C=O) groups excluding carboxylic acids is 2. The van der Waals surface area contributed by atoms with Crippen LogP contribution in [-0.2, 0) is 14.3 Å². The Morgan fingerprint density at radius 3 is 2.64 bits per heavy atom. The molecule has 5 rings (SSSR count). The number of carbonyl (C=O) groups is 2. The van der Waals surface area contributed by atoms with Crippen molar-refractivity contribution in [3.05, 3.63) is 0 Å². The van der Waals surface area contributed by atoms with E-state index >= 15 is 0 Å². The third kappa shape index (κ3) is 6.04. The fourth-order valence-electron chi connectivity index (χ4n) is 6.34. The first kappa shape index (κ1) is 23.9. The minimum atomic E-state index is 0.0136. The lowest BCUT2D eigenvalue weighted by Gasteiger charge is -2.34. The minimum Gasteiger partial charge on any atom is -0.379 e. The molecule has 33 heavy (non-hydrogen) atoms. The highest BCUT2D eigenvalue weighted by atomic mass is 32.2. The van der Waals surface area contributed by atoms with Crippen molar-refractivity contribution in [2.75, 3.05) is 58.2 Å². The maximum atomic E-state index is 12.8. The van der Waals surface area contributed by atoms with Gasteiger partial charge in [-0.15, -0.1) is 11.8 Å². The zero-order chi connectivity index (χ0) is 22.6. The van der Waals surface area contributed by atoms with Gasteiger partial charge in [-0.1, -0.05) is 6.42 Å². The molecule has 4 heterocycles. The molecular formula is C24H41N5O3S. The summed E-state index contributed by atoms with van der Waals surface area (Å²) in [6.07, 6.45) is 7.87. The molecule has 3 N–H and O–H groups in total. The van der Waals surface area contributed by atoms with Crippen molar-refractivity contribution in [3.63, 3.8) is 0 Å². The van der Waals surface area contributed by atoms with Gasteiger partial charge in [0, 0.05) is 50.6 Å². The Morgan fingerprint density at radius 1 is 1.00 bits per heavy atom. The standard InChI is InChI=1S/C24H41N5O3S/c30-22(15-28-8-10-32-11-9-28)26-19-5-3-4-17(12-19)23-27-21(16-33-23)18-13-20(25-14-18)24(31)29-6-1-2-7-29/h17-21,23,25,27H,1-16H2,(H,26,30). The second-order valence-electron chi connectivity index (χ2n) is 10.6. The van der Waals surface area contributed by atoms with E-state index in [1.54, 1.807) is 0 Å². The lowest BCUT2D eigenvalue weighted by atomic mass is 9.85. The molecule has 0 radical (unpaired) electrons. The molecule has 1 aliphatic carbocycles. The van der Waals surface area contributed by atoms with Gasteiger partial charge in [0.2, 0.25) is 11.8 Å². The maximum Gasteiger partial charge on any atom is 0.239 e. The van der Waals surface area contributed by atoms with E-state index < -0.39 is 0 Å². The molecule has 5 fully saturated rings. The highest BCUT2D eigenvalue weighted by molar-refractivity contribution is 8.00. The van der Waals surface area contributed by atoms with Gasteiger partial charge < -0.3 is 25.6 Å². The summed E-state index contributed by atoms with van der Waals surface area (Å²) in [5.74, 6) is 2.76. The van der Waals surface area contributed by atoms with E-state index in [0.29, 0.717) is 41.7 Å². The summed E-state index contributed by atoms with van der Waals surface area (Å²) >= 11 is 2.06. The Morgan fingerprint density at radius 2 is 1.82 bits per heavy atom. The first-order chi connectivity index (χ1) is 16.2. The summed E-state index contributed by atoms with van der Waals surface area (Å²) in [7, 11) is 0. The van der Waals surface area contributed by atoms with Crippen LogP contribution in [-0.4, -0.2) is 103 Å². The quantitative estimate of drug-likeness (QED) is 0.515. The van der Waals surface area contributed by atoms with E-state index in [4.69, 9.17) is 4.74 Å². The van der Waals surface area contributed by atoms with Crippen molar-refractivity contribution < 1.29 is 14.3 Å². The first-order valence-corrected chi connectivity index (χ1v) is 14.2. The fraction of sp³-hybridized carbons (Fsp3) is 0.917. The Balaban J connectivity index is 1.06. The Hall–Kier alpha value is -0.870. The Kier molecular flexibility index (Phi) is 8.13. The molecule has 1 saturated carbocycles. The van der Waals surface area contributed by atoms with Crippen LogP contribution in [0.4, 0.5) is 0 Å². The summed E-state index contributed by atoms with van der Waals surface area (Å²) in [5, 5.41) is 11.2. The number of nitrogens with zero attached hydrogens (tertiary/aromatic N) is 2. The van der Waals surface area contributed by atoms with Crippen molar-refractivity contribution in [3.8, 4) is 0 Å². The van der Waals surface area contributed by atoms with Crippen LogP contribution in [0.3, 0.4) is 0 Å². The van der Waals surface area contributed by atoms with Gasteiger partial charge in [-0.2, -0.15) is 0 Å². The number of likely N-dealkylation sites (tertiary alicyclic amines) is 1. The summed E-state index contributed by atoms with van der Waals surface area (Å²) in [4.78, 5) is 29.6. The highest BCUT2D eigenvalue weighted by Gasteiger charge is 2.41. The van der Waals surface area contributed by atoms with Crippen LogP contribution in [0.15, 0.2) is 0 Å². The Labute approximate surface area is 202 Å². The van der Waals surface area contributed by atoms with Crippen LogP contribution >= 0.6 is 11.8 Å². The van der Waals surface area contributed by atoms with E-state index in [9.17, 15) is 9.59 Å². The number of ether oxygens (including phenoxy) is 1. The number of morpholine rings is 1. The molecular weight excluding hydrogens is 438 g/mol. The molecule has 6 atom stereocenters. The van der Waals surface area contributed by atoms with Crippen molar-refractivity contribution in [1.82, 2.24) is 25.8 Å². The largest absolute Gasteiger partial charge is 0.379 e. The van der Waals surface area contributed by atoms with Crippen LogP contribution in [0.5, 0.6) is 0 Å². The molecule has 6 unspecified atom stereocenters. The van der Waals surface area contributed by atoms with E-state index in [2.05, 4.69) is 37.5 Å². The molecule has 5 aliphatic rings. The highest BCUT2D eigenvalue weighted by Crippen LogP contribution is 2.37. The summed E-state index contributed by atoms with van der Waals surface area (Å²) in [5.41, 5.74) is 0. The summed E-state index contributed by atoms with van der Waals surface area (Å²) in [6.45, 7) is 6.48. The number of hydrogen-bond acceptors (Lipinski definition) is 7. The second-order valence-corrected chi connectivity index (χ2v) is 11.8. The van der Waals surface area contributed by atoms with E-state index in [0.717, 1.165) is 83.8 Å². The molecule has 0 aromatic carbocycles. The number of hydrogen-bond donors (Lipinski definition) is 3. The van der Waals surface area contributed by atoms with Crippen LogP contribution in [0.2, 0.25) is 0 Å². The van der Waals surface area contributed by atoms with E-state index in [1.807, 2.05) is 0 Å². The van der Waals surface area contributed by atoms with Gasteiger partial charge >= 0.3 is 0 Å². The molecule has 0 aromatic rings. The van der Waals surface area contributed by atoms with Crippen LogP contribution in [0.1, 0.15) is 44.9 Å². The van der Waals surface area contributed by atoms with Gasteiger partial charge in [0.05, 0.1) is 31.2 Å². The molecule has 186 valence electrons. The number of rotatable bonds is 6. The Bertz CT molecular complexity index is 685. The SMILES string of the molecule is O=C(CN1CCOCC1)NC1CCCC(C2NC(C3CNC(C(=O)N4CCCC4)C3)CS2)C1. The fourth-order valence-corrected chi connectivity index (χ4v) is 7.92. The van der Waals surface area contributed by atoms with E-state index in [-0.39, 0.29) is 11.9 Å². The van der Waals surface area contributed by atoms with Crippen molar-refractivity contribution in [1.29, 1.82) is 0 Å². The predicted octanol–water partition coefficient (Wildman–Crippen LogP) is 0.625. The maximum absolute atomic E-state index is 12.8. The molecule has 4 saturated heterocycles. The second kappa shape index (κ2) is 11.2. The molecule has 9 heteroatoms. The number of nitrogens with one attached hydrogen (secondary N) is 3. The molecule has 8 nitrogen and oxygen atoms in total. The number of amides is 2. The average Bonchev–Trinajstić information content (AvgIpc) is 3.61. The molecule has 0 bridgehead atoms. The van der Waals surface area contributed by atoms with Crippen LogP contribution in [0, 0.1) is 11.8 Å². The van der Waals surface area contributed by atoms with Crippen molar-refractivity contribution >= 4 is 23.6 Å². The van der Waals surface area contributed by atoms with Crippen molar-refractivity contribution in [2.45, 2.75) is 68.4 Å². The average molecular weight is 480 g/mol. The van der Waals surface area contributed by atoms with Crippen LogP contribution in [0.25, 0.3) is 0 Å². The minimum absolute atomic E-state index is 0.0136.